The zero-order valence-electron chi connectivity index (χ0n) is 17.6. The molecule has 34 heavy (non-hydrogen) atoms. The van der Waals surface area contributed by atoms with E-state index in [-0.39, 0.29) is 23.1 Å². The van der Waals surface area contributed by atoms with Crippen molar-refractivity contribution in [3.05, 3.63) is 94.8 Å². The van der Waals surface area contributed by atoms with Gasteiger partial charge in [0, 0.05) is 5.69 Å². The first kappa shape index (κ1) is 23.1. The summed E-state index contributed by atoms with van der Waals surface area (Å²) >= 11 is 0.945. The number of fused-ring (bicyclic) bond motifs is 1. The van der Waals surface area contributed by atoms with E-state index in [0.29, 0.717) is 16.6 Å². The predicted molar refractivity (Wildman–Crippen MR) is 126 cm³/mol. The third kappa shape index (κ3) is 5.29. The van der Waals surface area contributed by atoms with Crippen molar-refractivity contribution in [3.63, 3.8) is 0 Å². The highest BCUT2D eigenvalue weighted by atomic mass is 32.2. The summed E-state index contributed by atoms with van der Waals surface area (Å²) in [5, 5.41) is 5.46. The van der Waals surface area contributed by atoms with E-state index in [0.717, 1.165) is 16.3 Å². The number of rotatable bonds is 7. The van der Waals surface area contributed by atoms with Crippen molar-refractivity contribution in [2.75, 3.05) is 17.6 Å². The Morgan fingerprint density at radius 1 is 0.912 bits per heavy atom. The summed E-state index contributed by atoms with van der Waals surface area (Å²) in [6.45, 7) is -0.304. The molecule has 0 atom stereocenters. The quantitative estimate of drug-likeness (QED) is 0.312. The summed E-state index contributed by atoms with van der Waals surface area (Å²) in [4.78, 5) is 41.9. The second-order valence-corrected chi connectivity index (χ2v) is 8.07. The van der Waals surface area contributed by atoms with E-state index < -0.39 is 29.0 Å². The molecule has 0 aliphatic rings. The van der Waals surface area contributed by atoms with Gasteiger partial charge in [-0.05, 0) is 48.5 Å². The zero-order chi connectivity index (χ0) is 24.1. The van der Waals surface area contributed by atoms with Crippen LogP contribution in [0.25, 0.3) is 16.6 Å². The van der Waals surface area contributed by atoms with Gasteiger partial charge in [0.15, 0.2) is 5.16 Å². The largest absolute Gasteiger partial charge is 0.346 e. The minimum atomic E-state index is -0.606. The highest BCUT2D eigenvalue weighted by molar-refractivity contribution is 7.99. The van der Waals surface area contributed by atoms with Crippen molar-refractivity contribution in [3.8, 4) is 5.69 Å². The lowest BCUT2D eigenvalue weighted by Gasteiger charge is -2.14. The van der Waals surface area contributed by atoms with Gasteiger partial charge in [-0.3, -0.25) is 19.0 Å². The van der Waals surface area contributed by atoms with Crippen LogP contribution in [0.5, 0.6) is 0 Å². The molecule has 0 fully saturated rings. The van der Waals surface area contributed by atoms with Crippen molar-refractivity contribution in [1.82, 2.24) is 14.9 Å². The molecule has 1 heterocycles. The van der Waals surface area contributed by atoms with E-state index in [2.05, 4.69) is 15.6 Å². The number of hydrogen-bond acceptors (Lipinski definition) is 5. The van der Waals surface area contributed by atoms with Crippen molar-refractivity contribution in [1.29, 1.82) is 0 Å². The van der Waals surface area contributed by atoms with Crippen molar-refractivity contribution in [2.24, 2.45) is 0 Å². The number of nitrogens with zero attached hydrogens (tertiary/aromatic N) is 2. The molecule has 2 amide bonds. The molecule has 4 aromatic rings. The van der Waals surface area contributed by atoms with Crippen LogP contribution in [0.2, 0.25) is 0 Å². The van der Waals surface area contributed by atoms with E-state index in [1.165, 1.54) is 42.5 Å². The molecular weight excluding hydrogens is 462 g/mol. The standard InChI is InChI=1S/C24H18F2N4O3S/c25-15-9-11-16(12-10-15)28-21(31)13-27-22(32)14-34-24-29-19-7-3-1-5-17(19)23(33)30(24)20-8-4-2-6-18(20)26/h1-12H,13-14H2,(H,27,32)(H,28,31). The van der Waals surface area contributed by atoms with Crippen LogP contribution in [0.1, 0.15) is 0 Å². The molecule has 3 aromatic carbocycles. The highest BCUT2D eigenvalue weighted by Crippen LogP contribution is 2.22. The van der Waals surface area contributed by atoms with Crippen molar-refractivity contribution in [2.45, 2.75) is 5.16 Å². The Kier molecular flexibility index (Phi) is 6.98. The maximum absolute atomic E-state index is 14.5. The maximum Gasteiger partial charge on any atom is 0.266 e. The molecule has 0 bridgehead atoms. The van der Waals surface area contributed by atoms with Crippen LogP contribution < -0.4 is 16.2 Å². The third-order valence-electron chi connectivity index (χ3n) is 4.74. The molecule has 0 aliphatic carbocycles. The smallest absolute Gasteiger partial charge is 0.266 e. The summed E-state index contributed by atoms with van der Waals surface area (Å²) in [6.07, 6.45) is 0. The molecule has 7 nitrogen and oxygen atoms in total. The molecule has 1 aromatic heterocycles. The number of amides is 2. The number of hydrogen-bond donors (Lipinski definition) is 2. The molecule has 0 aliphatic heterocycles. The normalized spacial score (nSPS) is 10.8. The van der Waals surface area contributed by atoms with Crippen LogP contribution in [0, 0.1) is 11.6 Å². The van der Waals surface area contributed by atoms with Crippen LogP contribution in [-0.2, 0) is 9.59 Å². The van der Waals surface area contributed by atoms with Crippen LogP contribution in [0.3, 0.4) is 0 Å². The van der Waals surface area contributed by atoms with Crippen molar-refractivity contribution < 1.29 is 18.4 Å². The van der Waals surface area contributed by atoms with Crippen LogP contribution >= 0.6 is 11.8 Å². The first-order chi connectivity index (χ1) is 16.4. The SMILES string of the molecule is O=C(CSc1nc2ccccc2c(=O)n1-c1ccccc1F)NCC(=O)Nc1ccc(F)cc1. The Balaban J connectivity index is 1.48. The number of carbonyl (C=O) groups is 2. The summed E-state index contributed by atoms with van der Waals surface area (Å²) in [5.41, 5.74) is 0.371. The van der Waals surface area contributed by atoms with E-state index in [9.17, 15) is 23.2 Å². The van der Waals surface area contributed by atoms with Gasteiger partial charge in [0.1, 0.15) is 11.6 Å². The fourth-order valence-corrected chi connectivity index (χ4v) is 3.99. The van der Waals surface area contributed by atoms with Crippen molar-refractivity contribution >= 4 is 40.2 Å². The van der Waals surface area contributed by atoms with Gasteiger partial charge in [0.25, 0.3) is 5.56 Å². The van der Waals surface area contributed by atoms with E-state index in [4.69, 9.17) is 0 Å². The average Bonchev–Trinajstić information content (AvgIpc) is 2.84. The second-order valence-electron chi connectivity index (χ2n) is 7.12. The summed E-state index contributed by atoms with van der Waals surface area (Å²) in [7, 11) is 0. The lowest BCUT2D eigenvalue weighted by atomic mass is 10.2. The number of halogens is 2. The Morgan fingerprint density at radius 2 is 1.62 bits per heavy atom. The minimum Gasteiger partial charge on any atom is -0.346 e. The molecular formula is C24H18F2N4O3S. The minimum absolute atomic E-state index is 0.0207. The first-order valence-electron chi connectivity index (χ1n) is 10.1. The van der Waals surface area contributed by atoms with Gasteiger partial charge >= 0.3 is 0 Å². The lowest BCUT2D eigenvalue weighted by molar-refractivity contribution is -0.122. The van der Waals surface area contributed by atoms with Gasteiger partial charge in [-0.15, -0.1) is 0 Å². The van der Waals surface area contributed by atoms with Crippen LogP contribution in [-0.4, -0.2) is 33.7 Å². The lowest BCUT2D eigenvalue weighted by Crippen LogP contribution is -2.34. The van der Waals surface area contributed by atoms with Gasteiger partial charge in [0.2, 0.25) is 11.8 Å². The zero-order valence-corrected chi connectivity index (χ0v) is 18.4. The molecule has 0 radical (unpaired) electrons. The number of nitrogens with one attached hydrogen (secondary N) is 2. The highest BCUT2D eigenvalue weighted by Gasteiger charge is 2.17. The summed E-state index contributed by atoms with van der Waals surface area (Å²) in [6, 6.07) is 17.7. The predicted octanol–water partition coefficient (Wildman–Crippen LogP) is 3.51. The number of thioether (sulfide) groups is 1. The van der Waals surface area contributed by atoms with Crippen LogP contribution in [0.15, 0.2) is 82.7 Å². The Hall–Kier alpha value is -4.05. The molecule has 0 saturated carbocycles. The van der Waals surface area contributed by atoms with Gasteiger partial charge < -0.3 is 10.6 Å². The Labute approximate surface area is 196 Å². The molecule has 10 heteroatoms. The first-order valence-corrected chi connectivity index (χ1v) is 11.1. The summed E-state index contributed by atoms with van der Waals surface area (Å²) in [5.74, 6) is -2.17. The Morgan fingerprint density at radius 3 is 2.38 bits per heavy atom. The monoisotopic (exact) mass is 480 g/mol. The number of para-hydroxylation sites is 2. The molecule has 2 N–H and O–H groups in total. The van der Waals surface area contributed by atoms with E-state index in [1.807, 2.05) is 0 Å². The molecule has 172 valence electrons. The fourth-order valence-electron chi connectivity index (χ4n) is 3.15. The van der Waals surface area contributed by atoms with E-state index in [1.54, 1.807) is 30.3 Å². The number of carbonyl (C=O) groups excluding carboxylic acids is 2. The maximum atomic E-state index is 14.5. The number of aromatic nitrogens is 2. The van der Waals surface area contributed by atoms with Crippen LogP contribution in [0.4, 0.5) is 14.5 Å². The van der Waals surface area contributed by atoms with E-state index >= 15 is 0 Å². The Bertz CT molecular complexity index is 1420. The fraction of sp³-hybridized carbons (Fsp3) is 0.0833. The molecule has 0 spiro atoms. The number of anilines is 1. The average molecular weight is 480 g/mol. The van der Waals surface area contributed by atoms with Gasteiger partial charge in [-0.2, -0.15) is 0 Å². The van der Waals surface area contributed by atoms with Gasteiger partial charge in [-0.25, -0.2) is 13.8 Å². The number of benzene rings is 3. The van der Waals surface area contributed by atoms with Gasteiger partial charge in [-0.1, -0.05) is 36.0 Å². The summed E-state index contributed by atoms with van der Waals surface area (Å²) < 4.78 is 28.6. The third-order valence-corrected chi connectivity index (χ3v) is 5.68. The molecule has 0 saturated heterocycles. The second kappa shape index (κ2) is 10.3. The molecule has 0 unspecified atom stereocenters. The molecule has 4 rings (SSSR count). The topological polar surface area (TPSA) is 93.1 Å². The van der Waals surface area contributed by atoms with Gasteiger partial charge in [0.05, 0.1) is 28.9 Å².